The van der Waals surface area contributed by atoms with Crippen LogP contribution >= 0.6 is 0 Å². The average Bonchev–Trinajstić information content (AvgIpc) is 3.69. The van der Waals surface area contributed by atoms with Crippen LogP contribution in [0.15, 0.2) is 231 Å². The lowest BCUT2D eigenvalue weighted by Crippen LogP contribution is -2.02. The molecule has 0 aliphatic heterocycles. The zero-order chi connectivity index (χ0) is 40.5. The lowest BCUT2D eigenvalue weighted by molar-refractivity contribution is 1.07. The molecular weight excluding hydrogens is 741 g/mol. The van der Waals surface area contributed by atoms with Gasteiger partial charge in [-0.25, -0.2) is 15.0 Å². The summed E-state index contributed by atoms with van der Waals surface area (Å²) in [4.78, 5) is 15.0. The topological polar surface area (TPSA) is 43.6 Å². The second-order valence-electron chi connectivity index (χ2n) is 15.1. The van der Waals surface area contributed by atoms with Crippen molar-refractivity contribution in [3.05, 3.63) is 231 Å². The Morgan fingerprint density at radius 2 is 0.590 bits per heavy atom. The van der Waals surface area contributed by atoms with Crippen LogP contribution in [0.25, 0.3) is 106 Å². The van der Waals surface area contributed by atoms with Crippen molar-refractivity contribution in [3.63, 3.8) is 0 Å². The summed E-state index contributed by atoms with van der Waals surface area (Å²) in [6.45, 7) is 0. The lowest BCUT2D eigenvalue weighted by Gasteiger charge is -2.24. The Kier molecular flexibility index (Phi) is 9.14. The van der Waals surface area contributed by atoms with Crippen molar-refractivity contribution in [1.29, 1.82) is 0 Å². The van der Waals surface area contributed by atoms with Crippen LogP contribution in [-0.4, -0.2) is 19.5 Å². The molecule has 0 bridgehead atoms. The highest BCUT2D eigenvalue weighted by molar-refractivity contribution is 6.26. The third-order valence-electron chi connectivity index (χ3n) is 11.4. The molecule has 0 saturated heterocycles. The van der Waals surface area contributed by atoms with Gasteiger partial charge in [-0.05, 0) is 58.1 Å². The number of aromatic nitrogens is 4. The highest BCUT2D eigenvalue weighted by Crippen LogP contribution is 2.53. The van der Waals surface area contributed by atoms with Crippen molar-refractivity contribution in [1.82, 2.24) is 19.5 Å². The number of hydrogen-bond donors (Lipinski definition) is 0. The van der Waals surface area contributed by atoms with Crippen LogP contribution in [0.2, 0.25) is 0 Å². The van der Waals surface area contributed by atoms with E-state index in [1.807, 2.05) is 60.7 Å². The normalized spacial score (nSPS) is 11.3. The van der Waals surface area contributed by atoms with Gasteiger partial charge in [0.15, 0.2) is 17.5 Å². The molecule has 0 aliphatic carbocycles. The van der Waals surface area contributed by atoms with Gasteiger partial charge in [-0.15, -0.1) is 0 Å². The van der Waals surface area contributed by atoms with Crippen molar-refractivity contribution < 1.29 is 0 Å². The lowest BCUT2D eigenvalue weighted by atomic mass is 9.80. The Labute approximate surface area is 354 Å². The quantitative estimate of drug-likeness (QED) is 0.154. The molecule has 2 heterocycles. The van der Waals surface area contributed by atoms with Gasteiger partial charge in [0, 0.05) is 49.8 Å². The van der Waals surface area contributed by atoms with Crippen LogP contribution in [-0.2, 0) is 0 Å². The minimum Gasteiger partial charge on any atom is -0.309 e. The molecule has 61 heavy (non-hydrogen) atoms. The second kappa shape index (κ2) is 15.5. The van der Waals surface area contributed by atoms with E-state index in [1.54, 1.807) is 0 Å². The van der Waals surface area contributed by atoms with E-state index in [-0.39, 0.29) is 0 Å². The summed E-state index contributed by atoms with van der Waals surface area (Å²) in [5.74, 6) is 1.90. The van der Waals surface area contributed by atoms with Crippen molar-refractivity contribution in [2.24, 2.45) is 0 Å². The molecule has 4 heteroatoms. The van der Waals surface area contributed by atoms with E-state index >= 15 is 0 Å². The van der Waals surface area contributed by atoms with E-state index in [0.717, 1.165) is 44.5 Å². The molecule has 0 N–H and O–H groups in total. The summed E-state index contributed by atoms with van der Waals surface area (Å²) in [6.07, 6.45) is 0. The number of nitrogens with zero attached hydrogens (tertiary/aromatic N) is 4. The Morgan fingerprint density at radius 3 is 1.03 bits per heavy atom. The Morgan fingerprint density at radius 1 is 0.262 bits per heavy atom. The minimum absolute atomic E-state index is 0.622. The first kappa shape index (κ1) is 35.9. The van der Waals surface area contributed by atoms with Crippen molar-refractivity contribution in [2.75, 3.05) is 0 Å². The third kappa shape index (κ3) is 6.48. The fourth-order valence-corrected chi connectivity index (χ4v) is 8.75. The van der Waals surface area contributed by atoms with Gasteiger partial charge < -0.3 is 4.57 Å². The Hall–Kier alpha value is -8.21. The molecule has 0 aliphatic rings. The van der Waals surface area contributed by atoms with Gasteiger partial charge in [0.2, 0.25) is 0 Å². The summed E-state index contributed by atoms with van der Waals surface area (Å²) in [6, 6.07) is 81.4. The monoisotopic (exact) mass is 778 g/mol. The first-order chi connectivity index (χ1) is 30.3. The maximum absolute atomic E-state index is 5.05. The molecule has 0 saturated carbocycles. The summed E-state index contributed by atoms with van der Waals surface area (Å²) >= 11 is 0. The van der Waals surface area contributed by atoms with Crippen LogP contribution in [0.1, 0.15) is 0 Å². The molecule has 286 valence electrons. The molecule has 9 aromatic carbocycles. The fourth-order valence-electron chi connectivity index (χ4n) is 8.75. The predicted molar refractivity (Wildman–Crippen MR) is 252 cm³/mol. The molecule has 4 nitrogen and oxygen atoms in total. The third-order valence-corrected chi connectivity index (χ3v) is 11.4. The number of benzene rings is 9. The van der Waals surface area contributed by atoms with Crippen LogP contribution in [0.4, 0.5) is 0 Å². The minimum atomic E-state index is 0.622. The van der Waals surface area contributed by atoms with Crippen LogP contribution in [0.3, 0.4) is 0 Å². The highest BCUT2D eigenvalue weighted by Gasteiger charge is 2.29. The number of fused-ring (bicyclic) bond motifs is 3. The van der Waals surface area contributed by atoms with Gasteiger partial charge in [0.1, 0.15) is 0 Å². The standard InChI is InChI=1S/C57H38N4/c1-7-21-39(22-8-1)49-50(40-23-9-2-10-24-40)52(42-27-13-4-14-28-42)54-53(51(49)41-25-11-3-12-26-41)47-33-19-20-34-48(47)61(54)46-37-35-45(36-38-46)57-59-55(43-29-15-5-16-30-43)58-56(60-57)44-31-17-6-18-32-44/h1-38H. The van der Waals surface area contributed by atoms with Crippen molar-refractivity contribution in [2.45, 2.75) is 0 Å². The largest absolute Gasteiger partial charge is 0.309 e. The molecule has 0 spiro atoms. The van der Waals surface area contributed by atoms with Gasteiger partial charge in [-0.3, -0.25) is 0 Å². The average molecular weight is 779 g/mol. The number of para-hydroxylation sites is 1. The SMILES string of the molecule is c1ccc(-c2nc(-c3ccccc3)nc(-c3ccc(-n4c5ccccc5c5c(-c6ccccc6)c(-c6ccccc6)c(-c6ccccc6)c(-c6ccccc6)c54)cc3)n2)cc1. The molecule has 0 fully saturated rings. The molecule has 2 aromatic heterocycles. The van der Waals surface area contributed by atoms with E-state index < -0.39 is 0 Å². The van der Waals surface area contributed by atoms with Crippen molar-refractivity contribution >= 4 is 21.8 Å². The summed E-state index contributed by atoms with van der Waals surface area (Å²) < 4.78 is 2.46. The molecule has 11 aromatic rings. The molecule has 0 radical (unpaired) electrons. The van der Waals surface area contributed by atoms with Crippen LogP contribution < -0.4 is 0 Å². The van der Waals surface area contributed by atoms with Gasteiger partial charge >= 0.3 is 0 Å². The van der Waals surface area contributed by atoms with E-state index in [0.29, 0.717) is 17.5 Å². The summed E-state index contributed by atoms with van der Waals surface area (Å²) in [5, 5.41) is 2.40. The zero-order valence-corrected chi connectivity index (χ0v) is 33.2. The second-order valence-corrected chi connectivity index (χ2v) is 15.1. The molecule has 0 atom stereocenters. The van der Waals surface area contributed by atoms with Gasteiger partial charge in [0.25, 0.3) is 0 Å². The molecule has 0 amide bonds. The van der Waals surface area contributed by atoms with E-state index in [9.17, 15) is 0 Å². The zero-order valence-electron chi connectivity index (χ0n) is 33.2. The number of rotatable bonds is 8. The first-order valence-electron chi connectivity index (χ1n) is 20.6. The van der Waals surface area contributed by atoms with E-state index in [1.165, 1.54) is 44.2 Å². The maximum Gasteiger partial charge on any atom is 0.164 e. The summed E-state index contributed by atoms with van der Waals surface area (Å²) in [7, 11) is 0. The Bertz CT molecular complexity index is 3240. The molecule has 0 unspecified atom stereocenters. The maximum atomic E-state index is 5.05. The number of hydrogen-bond acceptors (Lipinski definition) is 3. The highest BCUT2D eigenvalue weighted by atomic mass is 15.0. The first-order valence-corrected chi connectivity index (χ1v) is 20.6. The van der Waals surface area contributed by atoms with E-state index in [2.05, 4.69) is 174 Å². The van der Waals surface area contributed by atoms with Gasteiger partial charge in [-0.2, -0.15) is 0 Å². The smallest absolute Gasteiger partial charge is 0.164 e. The van der Waals surface area contributed by atoms with Crippen molar-refractivity contribution in [3.8, 4) is 84.4 Å². The van der Waals surface area contributed by atoms with Crippen LogP contribution in [0, 0.1) is 0 Å². The molecule has 11 rings (SSSR count). The molecular formula is C57H38N4. The summed E-state index contributed by atoms with van der Waals surface area (Å²) in [5.41, 5.74) is 15.5. The predicted octanol–water partition coefficient (Wildman–Crippen LogP) is 14.6. The van der Waals surface area contributed by atoms with Crippen LogP contribution in [0.5, 0.6) is 0 Å². The van der Waals surface area contributed by atoms with E-state index in [4.69, 9.17) is 15.0 Å². The van der Waals surface area contributed by atoms with Gasteiger partial charge in [0.05, 0.1) is 11.0 Å². The Balaban J connectivity index is 1.23. The van der Waals surface area contributed by atoms with Gasteiger partial charge in [-0.1, -0.05) is 200 Å². The fraction of sp³-hybridized carbons (Fsp3) is 0.